The van der Waals surface area contributed by atoms with Crippen LogP contribution in [-0.4, -0.2) is 21.8 Å². The molecule has 0 radical (unpaired) electrons. The van der Waals surface area contributed by atoms with Gasteiger partial charge in [-0.05, 0) is 42.0 Å². The zero-order valence-electron chi connectivity index (χ0n) is 17.9. The Kier molecular flexibility index (Phi) is 4.17. The van der Waals surface area contributed by atoms with Gasteiger partial charge in [0.25, 0.3) is 0 Å². The van der Waals surface area contributed by atoms with Crippen molar-refractivity contribution in [2.75, 3.05) is 5.32 Å². The Morgan fingerprint density at radius 3 is 2.61 bits per heavy atom. The summed E-state index contributed by atoms with van der Waals surface area (Å²) in [4.78, 5) is 33.4. The molecule has 164 valence electrons. The molecule has 3 N–H and O–H groups in total. The van der Waals surface area contributed by atoms with Gasteiger partial charge in [0.1, 0.15) is 5.82 Å². The molecule has 7 heteroatoms. The summed E-state index contributed by atoms with van der Waals surface area (Å²) in [6.07, 6.45) is 2.06. The molecule has 1 saturated heterocycles. The highest BCUT2D eigenvalue weighted by molar-refractivity contribution is 6.00. The lowest BCUT2D eigenvalue weighted by Gasteiger charge is -2.49. The molecule has 0 saturated carbocycles. The van der Waals surface area contributed by atoms with E-state index in [4.69, 9.17) is 0 Å². The minimum atomic E-state index is -0.817. The fourth-order valence-corrected chi connectivity index (χ4v) is 5.29. The molecule has 2 amide bonds. The lowest BCUT2D eigenvalue weighted by atomic mass is 9.61. The number of aromatic amines is 1. The fourth-order valence-electron chi connectivity index (χ4n) is 5.29. The van der Waals surface area contributed by atoms with Crippen LogP contribution < -0.4 is 10.6 Å². The van der Waals surface area contributed by atoms with Crippen molar-refractivity contribution in [3.8, 4) is 11.3 Å². The Bertz CT molecular complexity index is 1450. The van der Waals surface area contributed by atoms with Gasteiger partial charge in [0.15, 0.2) is 0 Å². The summed E-state index contributed by atoms with van der Waals surface area (Å²) in [7, 11) is 0. The third-order valence-corrected chi connectivity index (χ3v) is 7.04. The van der Waals surface area contributed by atoms with E-state index in [9.17, 15) is 14.0 Å². The van der Waals surface area contributed by atoms with Crippen LogP contribution in [0, 0.1) is 11.2 Å². The first-order chi connectivity index (χ1) is 16.0. The largest absolute Gasteiger partial charge is 0.348 e. The topological polar surface area (TPSA) is 86.9 Å². The molecule has 3 aliphatic rings. The highest BCUT2D eigenvalue weighted by Crippen LogP contribution is 2.53. The molecule has 3 atom stereocenters. The molecular weight excluding hydrogens is 419 g/mol. The summed E-state index contributed by atoms with van der Waals surface area (Å²) in [6, 6.07) is 17.8. The maximum Gasteiger partial charge on any atom is 0.235 e. The number of anilines is 1. The monoisotopic (exact) mass is 440 g/mol. The number of carbonyl (C=O) groups excluding carboxylic acids is 2. The van der Waals surface area contributed by atoms with Gasteiger partial charge >= 0.3 is 0 Å². The zero-order chi connectivity index (χ0) is 22.7. The molecule has 3 aromatic carbocycles. The molecule has 0 spiro atoms. The third kappa shape index (κ3) is 2.88. The number of nitrogens with zero attached hydrogens (tertiary/aromatic N) is 1. The van der Waals surface area contributed by atoms with Gasteiger partial charge in [-0.1, -0.05) is 48.5 Å². The van der Waals surface area contributed by atoms with Crippen LogP contribution in [0.25, 0.3) is 22.0 Å². The minimum Gasteiger partial charge on any atom is -0.348 e. The number of hydrogen-bond donors (Lipinski definition) is 3. The molecule has 3 heterocycles. The number of rotatable bonds is 3. The molecule has 1 aliphatic carbocycles. The fraction of sp³-hybridized carbons (Fsp3) is 0.192. The number of halogens is 1. The van der Waals surface area contributed by atoms with E-state index >= 15 is 0 Å². The van der Waals surface area contributed by atoms with E-state index in [2.05, 4.69) is 20.6 Å². The van der Waals surface area contributed by atoms with Gasteiger partial charge in [-0.2, -0.15) is 0 Å². The van der Waals surface area contributed by atoms with Crippen molar-refractivity contribution >= 4 is 28.5 Å². The summed E-state index contributed by atoms with van der Waals surface area (Å²) in [5.74, 6) is -0.570. The summed E-state index contributed by atoms with van der Waals surface area (Å²) in [5, 5.41) is 7.20. The number of piperidine rings is 1. The second-order valence-electron chi connectivity index (χ2n) is 8.98. The molecule has 1 unspecified atom stereocenters. The highest BCUT2D eigenvalue weighted by Gasteiger charge is 2.55. The van der Waals surface area contributed by atoms with Crippen molar-refractivity contribution in [2.45, 2.75) is 25.3 Å². The smallest absolute Gasteiger partial charge is 0.235 e. The number of fused-ring (bicyclic) bond motifs is 3. The van der Waals surface area contributed by atoms with E-state index < -0.39 is 11.5 Å². The molecule has 4 aromatic rings. The van der Waals surface area contributed by atoms with Crippen molar-refractivity contribution in [1.29, 1.82) is 0 Å². The lowest BCUT2D eigenvalue weighted by molar-refractivity contribution is -0.137. The normalized spacial score (nSPS) is 23.3. The van der Waals surface area contributed by atoms with Gasteiger partial charge in [0, 0.05) is 10.9 Å². The second-order valence-corrected chi connectivity index (χ2v) is 8.98. The number of imidazole rings is 1. The summed E-state index contributed by atoms with van der Waals surface area (Å²) in [6.45, 7) is 1.88. The van der Waals surface area contributed by atoms with Crippen LogP contribution in [0.5, 0.6) is 0 Å². The van der Waals surface area contributed by atoms with E-state index in [1.165, 1.54) is 6.07 Å². The van der Waals surface area contributed by atoms with Crippen LogP contribution in [0.3, 0.4) is 0 Å². The average Bonchev–Trinajstić information content (AvgIpc) is 3.29. The van der Waals surface area contributed by atoms with Crippen molar-refractivity contribution in [3.05, 3.63) is 83.8 Å². The molecular formula is C26H21FN4O2. The van der Waals surface area contributed by atoms with Gasteiger partial charge in [0.2, 0.25) is 17.8 Å². The maximum absolute atomic E-state index is 14.2. The SMILES string of the molecule is C[C@]1(C(=O)Nc2ncc(-c3ccc(F)c4ccccc34)[nH]2)C[C@@H]2C(=O)NC1c1ccccc12. The molecule has 6 nitrogen and oxygen atoms in total. The summed E-state index contributed by atoms with van der Waals surface area (Å²) >= 11 is 0. The van der Waals surface area contributed by atoms with Crippen LogP contribution in [0.4, 0.5) is 10.3 Å². The first-order valence-corrected chi connectivity index (χ1v) is 10.9. The summed E-state index contributed by atoms with van der Waals surface area (Å²) in [5.41, 5.74) is 2.64. The third-order valence-electron chi connectivity index (χ3n) is 7.04. The van der Waals surface area contributed by atoms with Gasteiger partial charge in [0.05, 0.1) is 29.3 Å². The number of H-pyrrole nitrogens is 1. The van der Waals surface area contributed by atoms with Gasteiger partial charge in [-0.25, -0.2) is 9.37 Å². The number of hydrogen-bond acceptors (Lipinski definition) is 3. The quantitative estimate of drug-likeness (QED) is 0.433. The Hall–Kier alpha value is -4.00. The van der Waals surface area contributed by atoms with E-state index in [1.54, 1.807) is 24.4 Å². The van der Waals surface area contributed by atoms with Crippen molar-refractivity contribution < 1.29 is 14.0 Å². The zero-order valence-corrected chi connectivity index (χ0v) is 17.9. The summed E-state index contributed by atoms with van der Waals surface area (Å²) < 4.78 is 14.2. The maximum atomic E-state index is 14.2. The van der Waals surface area contributed by atoms with Gasteiger partial charge in [-0.3, -0.25) is 14.9 Å². The van der Waals surface area contributed by atoms with Crippen LogP contribution >= 0.6 is 0 Å². The predicted octanol–water partition coefficient (Wildman–Crippen LogP) is 4.67. The number of benzene rings is 3. The first kappa shape index (κ1) is 19.7. The Labute approximate surface area is 189 Å². The van der Waals surface area contributed by atoms with Crippen molar-refractivity contribution in [1.82, 2.24) is 15.3 Å². The molecule has 2 aliphatic heterocycles. The molecule has 33 heavy (non-hydrogen) atoms. The van der Waals surface area contributed by atoms with Crippen molar-refractivity contribution in [2.24, 2.45) is 5.41 Å². The Morgan fingerprint density at radius 1 is 1.06 bits per heavy atom. The number of amides is 2. The number of carbonyl (C=O) groups is 2. The Morgan fingerprint density at radius 2 is 1.79 bits per heavy atom. The van der Waals surface area contributed by atoms with Gasteiger partial charge in [-0.15, -0.1) is 0 Å². The number of nitrogens with one attached hydrogen (secondary N) is 3. The molecule has 1 aromatic heterocycles. The first-order valence-electron chi connectivity index (χ1n) is 10.9. The van der Waals surface area contributed by atoms with Crippen LogP contribution in [0.15, 0.2) is 66.9 Å². The van der Waals surface area contributed by atoms with E-state index in [-0.39, 0.29) is 23.5 Å². The lowest BCUT2D eigenvalue weighted by Crippen LogP contribution is -2.57. The van der Waals surface area contributed by atoms with Crippen LogP contribution in [-0.2, 0) is 9.59 Å². The van der Waals surface area contributed by atoms with E-state index in [0.29, 0.717) is 23.4 Å². The van der Waals surface area contributed by atoms with Gasteiger partial charge < -0.3 is 10.3 Å². The average molecular weight is 440 g/mol. The predicted molar refractivity (Wildman–Crippen MR) is 123 cm³/mol. The van der Waals surface area contributed by atoms with Crippen molar-refractivity contribution in [3.63, 3.8) is 0 Å². The van der Waals surface area contributed by atoms with E-state index in [0.717, 1.165) is 22.1 Å². The number of aromatic nitrogens is 2. The molecule has 7 rings (SSSR count). The highest BCUT2D eigenvalue weighted by atomic mass is 19.1. The van der Waals surface area contributed by atoms with Crippen LogP contribution in [0.1, 0.15) is 36.4 Å². The Balaban J connectivity index is 1.30. The minimum absolute atomic E-state index is 0.0348. The molecule has 1 fully saturated rings. The second kappa shape index (κ2) is 7.00. The van der Waals surface area contributed by atoms with E-state index in [1.807, 2.05) is 43.3 Å². The standard InChI is InChI=1S/C26H21FN4O2/c1-26(12-19-15-7-3-5-9-18(15)22(26)30-23(19)32)24(33)31-25-28-13-21(29-25)17-10-11-20(27)16-8-4-2-6-14(16)17/h2-11,13,19,22H,12H2,1H3,(H,30,32)(H2,28,29,31,33)/t19-,22?,26-/m0/s1. The van der Waals surface area contributed by atoms with Crippen LogP contribution in [0.2, 0.25) is 0 Å². The molecule has 2 bridgehead atoms.